The Hall–Kier alpha value is -2.38. The fourth-order valence-electron chi connectivity index (χ4n) is 2.16. The van der Waals surface area contributed by atoms with Gasteiger partial charge in [0.25, 0.3) is 5.91 Å². The number of hydrogen-bond acceptors (Lipinski definition) is 3. The summed E-state index contributed by atoms with van der Waals surface area (Å²) in [5.74, 6) is -0.320. The van der Waals surface area contributed by atoms with E-state index in [4.69, 9.17) is 0 Å². The molecule has 0 saturated carbocycles. The first kappa shape index (κ1) is 13.6. The van der Waals surface area contributed by atoms with Gasteiger partial charge in [-0.15, -0.1) is 0 Å². The van der Waals surface area contributed by atoms with Crippen LogP contribution < -0.4 is 0 Å². The highest BCUT2D eigenvalue weighted by Crippen LogP contribution is 2.28. The first-order chi connectivity index (χ1) is 9.95. The van der Waals surface area contributed by atoms with Gasteiger partial charge in [-0.05, 0) is 18.2 Å². The van der Waals surface area contributed by atoms with Gasteiger partial charge in [0, 0.05) is 31.7 Å². The van der Waals surface area contributed by atoms with E-state index >= 15 is 0 Å². The van der Waals surface area contributed by atoms with Crippen molar-refractivity contribution in [3.05, 3.63) is 48.0 Å². The van der Waals surface area contributed by atoms with Gasteiger partial charge in [-0.3, -0.25) is 14.5 Å². The van der Waals surface area contributed by atoms with Gasteiger partial charge in [-0.25, -0.2) is 0 Å². The highest BCUT2D eigenvalue weighted by Gasteiger charge is 2.34. The number of carbonyl (C=O) groups excluding carboxylic acids is 1. The van der Waals surface area contributed by atoms with Crippen LogP contribution in [0.25, 0.3) is 0 Å². The normalized spacial score (nSPS) is 15.9. The molecule has 0 N–H and O–H groups in total. The van der Waals surface area contributed by atoms with Crippen LogP contribution in [0.5, 0.6) is 0 Å². The van der Waals surface area contributed by atoms with Crippen molar-refractivity contribution in [3.8, 4) is 0 Å². The third kappa shape index (κ3) is 2.61. The van der Waals surface area contributed by atoms with Crippen LogP contribution >= 0.6 is 0 Å². The van der Waals surface area contributed by atoms with Crippen molar-refractivity contribution in [2.24, 2.45) is 0 Å². The SMILES string of the molecule is O=C(c1ccc(C(F)(F)F)nc1)N1CC(n2cccn2)C1. The van der Waals surface area contributed by atoms with Gasteiger partial charge in [0.1, 0.15) is 5.69 Å². The zero-order valence-corrected chi connectivity index (χ0v) is 10.8. The number of pyridine rings is 1. The third-order valence-electron chi connectivity index (χ3n) is 3.35. The fourth-order valence-corrected chi connectivity index (χ4v) is 2.16. The second-order valence-electron chi connectivity index (χ2n) is 4.78. The average molecular weight is 296 g/mol. The van der Waals surface area contributed by atoms with E-state index in [1.807, 2.05) is 6.20 Å². The second-order valence-corrected chi connectivity index (χ2v) is 4.78. The Morgan fingerprint density at radius 1 is 1.29 bits per heavy atom. The molecule has 5 nitrogen and oxygen atoms in total. The van der Waals surface area contributed by atoms with Gasteiger partial charge in [0.2, 0.25) is 0 Å². The predicted molar refractivity (Wildman–Crippen MR) is 66.4 cm³/mol. The molecule has 8 heteroatoms. The van der Waals surface area contributed by atoms with E-state index in [0.29, 0.717) is 13.1 Å². The summed E-state index contributed by atoms with van der Waals surface area (Å²) in [5.41, 5.74) is -0.848. The van der Waals surface area contributed by atoms with Crippen LogP contribution in [0.4, 0.5) is 13.2 Å². The molecule has 0 atom stereocenters. The fraction of sp³-hybridized carbons (Fsp3) is 0.308. The van der Waals surface area contributed by atoms with Crippen LogP contribution in [0.15, 0.2) is 36.8 Å². The molecule has 0 radical (unpaired) electrons. The highest BCUT2D eigenvalue weighted by atomic mass is 19.4. The van der Waals surface area contributed by atoms with Crippen molar-refractivity contribution in [1.82, 2.24) is 19.7 Å². The highest BCUT2D eigenvalue weighted by molar-refractivity contribution is 5.94. The molecule has 1 aliphatic heterocycles. The Balaban J connectivity index is 1.64. The third-order valence-corrected chi connectivity index (χ3v) is 3.35. The van der Waals surface area contributed by atoms with Crippen LogP contribution in [0, 0.1) is 0 Å². The van der Waals surface area contributed by atoms with E-state index in [1.54, 1.807) is 21.8 Å². The zero-order chi connectivity index (χ0) is 15.0. The van der Waals surface area contributed by atoms with Gasteiger partial charge in [0.15, 0.2) is 0 Å². The van der Waals surface area contributed by atoms with E-state index in [0.717, 1.165) is 18.3 Å². The van der Waals surface area contributed by atoms with Gasteiger partial charge in [-0.1, -0.05) is 0 Å². The van der Waals surface area contributed by atoms with Crippen LogP contribution in [-0.4, -0.2) is 38.7 Å². The first-order valence-corrected chi connectivity index (χ1v) is 6.27. The van der Waals surface area contributed by atoms with Crippen LogP contribution in [-0.2, 0) is 6.18 Å². The lowest BCUT2D eigenvalue weighted by atomic mass is 10.1. The summed E-state index contributed by atoms with van der Waals surface area (Å²) in [4.78, 5) is 16.9. The maximum absolute atomic E-state index is 12.4. The number of aromatic nitrogens is 3. The summed E-state index contributed by atoms with van der Waals surface area (Å²) in [6.45, 7) is 0.975. The Kier molecular flexibility index (Phi) is 3.15. The number of rotatable bonds is 2. The van der Waals surface area contributed by atoms with E-state index in [1.165, 1.54) is 0 Å². The summed E-state index contributed by atoms with van der Waals surface area (Å²) >= 11 is 0. The van der Waals surface area contributed by atoms with E-state index in [2.05, 4.69) is 10.1 Å². The van der Waals surface area contributed by atoms with Crippen molar-refractivity contribution in [2.45, 2.75) is 12.2 Å². The van der Waals surface area contributed by atoms with Gasteiger partial charge < -0.3 is 4.90 Å². The van der Waals surface area contributed by atoms with Gasteiger partial charge in [-0.2, -0.15) is 18.3 Å². The molecule has 1 saturated heterocycles. The Morgan fingerprint density at radius 2 is 2.05 bits per heavy atom. The quantitative estimate of drug-likeness (QED) is 0.851. The molecule has 0 aliphatic carbocycles. The molecular weight excluding hydrogens is 285 g/mol. The number of halogens is 3. The monoisotopic (exact) mass is 296 g/mol. The molecule has 0 spiro atoms. The standard InChI is InChI=1S/C13H11F3N4O/c14-13(15,16)11-3-2-9(6-17-11)12(21)19-7-10(8-19)20-5-1-4-18-20/h1-6,10H,7-8H2. The Morgan fingerprint density at radius 3 is 2.57 bits per heavy atom. The molecule has 1 fully saturated rings. The minimum Gasteiger partial charge on any atom is -0.334 e. The maximum atomic E-state index is 12.4. The lowest BCUT2D eigenvalue weighted by Gasteiger charge is -2.39. The molecule has 0 unspecified atom stereocenters. The number of likely N-dealkylation sites (tertiary alicyclic amines) is 1. The van der Waals surface area contributed by atoms with Gasteiger partial charge in [0.05, 0.1) is 11.6 Å². The predicted octanol–water partition coefficient (Wildman–Crippen LogP) is 1.99. The molecule has 0 bridgehead atoms. The molecule has 110 valence electrons. The number of amides is 1. The van der Waals surface area contributed by atoms with Crippen LogP contribution in [0.1, 0.15) is 22.1 Å². The van der Waals surface area contributed by atoms with Crippen LogP contribution in [0.2, 0.25) is 0 Å². The van der Waals surface area contributed by atoms with Gasteiger partial charge >= 0.3 is 6.18 Å². The van der Waals surface area contributed by atoms with Crippen LogP contribution in [0.3, 0.4) is 0 Å². The van der Waals surface area contributed by atoms with Crippen molar-refractivity contribution < 1.29 is 18.0 Å². The Labute approximate surface area is 118 Å². The molecular formula is C13H11F3N4O. The molecule has 21 heavy (non-hydrogen) atoms. The van der Waals surface area contributed by atoms with Crippen molar-refractivity contribution in [2.75, 3.05) is 13.1 Å². The van der Waals surface area contributed by atoms with E-state index < -0.39 is 11.9 Å². The minimum atomic E-state index is -4.50. The summed E-state index contributed by atoms with van der Waals surface area (Å²) < 4.78 is 39.0. The maximum Gasteiger partial charge on any atom is 0.433 e. The zero-order valence-electron chi connectivity index (χ0n) is 10.8. The molecule has 3 rings (SSSR count). The summed E-state index contributed by atoms with van der Waals surface area (Å²) in [6.07, 6.45) is -0.0632. The molecule has 1 aliphatic rings. The van der Waals surface area contributed by atoms with Crippen molar-refractivity contribution in [3.63, 3.8) is 0 Å². The Bertz CT molecular complexity index is 630. The van der Waals surface area contributed by atoms with E-state index in [-0.39, 0.29) is 17.5 Å². The molecule has 2 aromatic rings. The smallest absolute Gasteiger partial charge is 0.334 e. The number of carbonyl (C=O) groups is 1. The molecule has 2 aromatic heterocycles. The lowest BCUT2D eigenvalue weighted by molar-refractivity contribution is -0.141. The minimum absolute atomic E-state index is 0.117. The summed E-state index contributed by atoms with van der Waals surface area (Å²) in [5, 5.41) is 4.08. The number of hydrogen-bond donors (Lipinski definition) is 0. The topological polar surface area (TPSA) is 51.0 Å². The van der Waals surface area contributed by atoms with Crippen molar-refractivity contribution >= 4 is 5.91 Å². The number of alkyl halides is 3. The number of nitrogens with zero attached hydrogens (tertiary/aromatic N) is 4. The lowest BCUT2D eigenvalue weighted by Crippen LogP contribution is -2.50. The molecule has 0 aromatic carbocycles. The summed E-state index contributed by atoms with van der Waals surface area (Å²) in [7, 11) is 0. The molecule has 1 amide bonds. The largest absolute Gasteiger partial charge is 0.433 e. The second kappa shape index (κ2) is 4.87. The van der Waals surface area contributed by atoms with Crippen molar-refractivity contribution in [1.29, 1.82) is 0 Å². The molecule has 3 heterocycles. The van der Waals surface area contributed by atoms with E-state index in [9.17, 15) is 18.0 Å². The summed E-state index contributed by atoms with van der Waals surface area (Å²) in [6, 6.07) is 3.88. The first-order valence-electron chi connectivity index (χ1n) is 6.27. The average Bonchev–Trinajstić information content (AvgIpc) is 2.90.